The molecule has 0 bridgehead atoms. The molecule has 0 aliphatic carbocycles. The van der Waals surface area contributed by atoms with Crippen LogP contribution in [-0.4, -0.2) is 0 Å². The molecule has 0 atom stereocenters. The molecular weight excluding hydrogens is 312 g/mol. The van der Waals surface area contributed by atoms with Crippen molar-refractivity contribution in [3.05, 3.63) is 109 Å². The molecule has 0 saturated carbocycles. The maximum atomic E-state index is 2.26. The van der Waals surface area contributed by atoms with Gasteiger partial charge in [0.2, 0.25) is 0 Å². The Morgan fingerprint density at radius 1 is 0.385 bits per heavy atom. The van der Waals surface area contributed by atoms with Gasteiger partial charge in [0.1, 0.15) is 0 Å². The monoisotopic (exact) mass is 330 g/mol. The number of hydrogen-bond acceptors (Lipinski definition) is 0. The smallest absolute Gasteiger partial charge is 0.00206 e. The predicted molar refractivity (Wildman–Crippen MR) is 112 cm³/mol. The summed E-state index contributed by atoms with van der Waals surface area (Å²) in [6.07, 6.45) is 0. The van der Waals surface area contributed by atoms with Crippen LogP contribution < -0.4 is 0 Å². The van der Waals surface area contributed by atoms with Crippen molar-refractivity contribution < 1.29 is 0 Å². The number of benzene rings is 5. The minimum atomic E-state index is 1.25. The summed E-state index contributed by atoms with van der Waals surface area (Å²) in [6.45, 7) is 0. The van der Waals surface area contributed by atoms with E-state index in [2.05, 4.69) is 109 Å². The lowest BCUT2D eigenvalue weighted by Crippen LogP contribution is -1.89. The molecule has 0 nitrogen and oxygen atoms in total. The van der Waals surface area contributed by atoms with Gasteiger partial charge in [-0.2, -0.15) is 0 Å². The summed E-state index contributed by atoms with van der Waals surface area (Å²) in [4.78, 5) is 0. The molecule has 26 heavy (non-hydrogen) atoms. The quantitative estimate of drug-likeness (QED) is 0.297. The molecule has 0 heteroatoms. The molecule has 0 radical (unpaired) electrons. The third-order valence-electron chi connectivity index (χ3n) is 5.06. The van der Waals surface area contributed by atoms with E-state index in [1.165, 1.54) is 43.8 Å². The lowest BCUT2D eigenvalue weighted by Gasteiger charge is -2.16. The first-order valence-electron chi connectivity index (χ1n) is 8.97. The van der Waals surface area contributed by atoms with Gasteiger partial charge >= 0.3 is 0 Å². The van der Waals surface area contributed by atoms with Crippen molar-refractivity contribution in [1.82, 2.24) is 0 Å². The average Bonchev–Trinajstić information content (AvgIpc) is 2.74. The topological polar surface area (TPSA) is 0 Å². The summed E-state index contributed by atoms with van der Waals surface area (Å²) in [6, 6.07) is 39.0. The van der Waals surface area contributed by atoms with Crippen LogP contribution in [0.25, 0.3) is 43.8 Å². The van der Waals surface area contributed by atoms with E-state index in [9.17, 15) is 0 Å². The maximum Gasteiger partial charge on any atom is -0.00206 e. The van der Waals surface area contributed by atoms with E-state index >= 15 is 0 Å². The van der Waals surface area contributed by atoms with E-state index in [4.69, 9.17) is 0 Å². The fraction of sp³-hybridized carbons (Fsp3) is 0. The molecule has 5 rings (SSSR count). The minimum absolute atomic E-state index is 1.25. The van der Waals surface area contributed by atoms with E-state index in [-0.39, 0.29) is 0 Å². The van der Waals surface area contributed by atoms with Gasteiger partial charge in [-0.1, -0.05) is 109 Å². The van der Waals surface area contributed by atoms with Crippen LogP contribution in [0.1, 0.15) is 0 Å². The van der Waals surface area contributed by atoms with Gasteiger partial charge in [-0.05, 0) is 43.8 Å². The van der Waals surface area contributed by atoms with Crippen molar-refractivity contribution in [3.63, 3.8) is 0 Å². The fourth-order valence-electron chi connectivity index (χ4n) is 3.86. The summed E-state index contributed by atoms with van der Waals surface area (Å²) in [5.41, 5.74) is 5.10. The van der Waals surface area contributed by atoms with Gasteiger partial charge in [0.15, 0.2) is 0 Å². The summed E-state index contributed by atoms with van der Waals surface area (Å²) < 4.78 is 0. The van der Waals surface area contributed by atoms with Gasteiger partial charge < -0.3 is 0 Å². The molecule has 5 aromatic carbocycles. The molecule has 0 saturated heterocycles. The first-order valence-corrected chi connectivity index (χ1v) is 8.97. The highest BCUT2D eigenvalue weighted by Crippen LogP contribution is 2.41. The van der Waals surface area contributed by atoms with Gasteiger partial charge in [0.05, 0.1) is 0 Å². The average molecular weight is 330 g/mol. The molecule has 0 heterocycles. The van der Waals surface area contributed by atoms with Crippen molar-refractivity contribution in [2.24, 2.45) is 0 Å². The van der Waals surface area contributed by atoms with E-state index in [1.807, 2.05) is 0 Å². The molecule has 0 unspecified atom stereocenters. The molecule has 5 aromatic rings. The molecule has 0 spiro atoms. The Morgan fingerprint density at radius 3 is 1.73 bits per heavy atom. The van der Waals surface area contributed by atoms with Gasteiger partial charge in [0, 0.05) is 0 Å². The Morgan fingerprint density at radius 2 is 0.962 bits per heavy atom. The first-order chi connectivity index (χ1) is 12.9. The molecular formula is C26H18. The second kappa shape index (κ2) is 6.16. The first kappa shape index (κ1) is 14.9. The van der Waals surface area contributed by atoms with E-state index < -0.39 is 0 Å². The largest absolute Gasteiger partial charge is 0.0622 e. The molecule has 0 aromatic heterocycles. The third kappa shape index (κ3) is 2.39. The molecule has 0 amide bonds. The maximum absolute atomic E-state index is 2.26. The third-order valence-corrected chi connectivity index (χ3v) is 5.06. The van der Waals surface area contributed by atoms with Crippen LogP contribution in [0.2, 0.25) is 0 Å². The zero-order valence-corrected chi connectivity index (χ0v) is 14.4. The highest BCUT2D eigenvalue weighted by atomic mass is 14.2. The zero-order chi connectivity index (χ0) is 17.3. The van der Waals surface area contributed by atoms with Gasteiger partial charge in [-0.15, -0.1) is 0 Å². The minimum Gasteiger partial charge on any atom is -0.0622 e. The van der Waals surface area contributed by atoms with Crippen LogP contribution >= 0.6 is 0 Å². The normalized spacial score (nSPS) is 11.1. The van der Waals surface area contributed by atoms with Crippen molar-refractivity contribution in [1.29, 1.82) is 0 Å². The van der Waals surface area contributed by atoms with Gasteiger partial charge in [-0.25, -0.2) is 0 Å². The SMILES string of the molecule is c1ccc(-c2ccc3ccc4ccccc4c3c2-c2ccccc2)cc1. The number of fused-ring (bicyclic) bond motifs is 3. The van der Waals surface area contributed by atoms with Crippen molar-refractivity contribution >= 4 is 21.5 Å². The highest BCUT2D eigenvalue weighted by Gasteiger charge is 2.13. The van der Waals surface area contributed by atoms with E-state index in [1.54, 1.807) is 0 Å². The Hall–Kier alpha value is -3.38. The molecule has 122 valence electrons. The second-order valence-corrected chi connectivity index (χ2v) is 6.60. The summed E-state index contributed by atoms with van der Waals surface area (Å²) >= 11 is 0. The zero-order valence-electron chi connectivity index (χ0n) is 14.4. The molecule has 0 fully saturated rings. The molecule has 0 aliphatic rings. The fourth-order valence-corrected chi connectivity index (χ4v) is 3.86. The van der Waals surface area contributed by atoms with Crippen molar-refractivity contribution in [2.75, 3.05) is 0 Å². The van der Waals surface area contributed by atoms with Crippen LogP contribution in [0, 0.1) is 0 Å². The van der Waals surface area contributed by atoms with Crippen LogP contribution in [0.5, 0.6) is 0 Å². The standard InChI is InChI=1S/C26H18/c1-3-9-19(10-4-1)24-18-17-22-16-15-20-11-7-8-14-23(20)26(22)25(24)21-12-5-2-6-13-21/h1-18H. The molecule has 0 N–H and O–H groups in total. The van der Waals surface area contributed by atoms with Crippen molar-refractivity contribution in [3.8, 4) is 22.3 Å². The lowest BCUT2D eigenvalue weighted by atomic mass is 9.87. The second-order valence-electron chi connectivity index (χ2n) is 6.60. The Labute approximate surface area is 153 Å². The van der Waals surface area contributed by atoms with Crippen LogP contribution in [0.4, 0.5) is 0 Å². The Kier molecular flexibility index (Phi) is 3.54. The summed E-state index contributed by atoms with van der Waals surface area (Å²) in [5, 5.41) is 5.20. The predicted octanol–water partition coefficient (Wildman–Crippen LogP) is 7.33. The number of rotatable bonds is 2. The van der Waals surface area contributed by atoms with Crippen LogP contribution in [0.15, 0.2) is 109 Å². The summed E-state index contributed by atoms with van der Waals surface area (Å²) in [5.74, 6) is 0. The Bertz CT molecular complexity index is 1200. The van der Waals surface area contributed by atoms with Gasteiger partial charge in [-0.3, -0.25) is 0 Å². The lowest BCUT2D eigenvalue weighted by molar-refractivity contribution is 1.61. The van der Waals surface area contributed by atoms with Crippen LogP contribution in [-0.2, 0) is 0 Å². The van der Waals surface area contributed by atoms with E-state index in [0.29, 0.717) is 0 Å². The highest BCUT2D eigenvalue weighted by molar-refractivity contribution is 6.17. The van der Waals surface area contributed by atoms with Crippen LogP contribution in [0.3, 0.4) is 0 Å². The molecule has 0 aliphatic heterocycles. The van der Waals surface area contributed by atoms with Crippen molar-refractivity contribution in [2.45, 2.75) is 0 Å². The van der Waals surface area contributed by atoms with E-state index in [0.717, 1.165) is 0 Å². The number of hydrogen-bond donors (Lipinski definition) is 0. The Balaban J connectivity index is 1.99. The van der Waals surface area contributed by atoms with Gasteiger partial charge in [0.25, 0.3) is 0 Å². The summed E-state index contributed by atoms with van der Waals surface area (Å²) in [7, 11) is 0.